The number of hydrogen-bond donors (Lipinski definition) is 1. The van der Waals surface area contributed by atoms with Crippen molar-refractivity contribution in [3.63, 3.8) is 0 Å². The van der Waals surface area contributed by atoms with Crippen LogP contribution in [-0.2, 0) is 6.18 Å². The van der Waals surface area contributed by atoms with Crippen LogP contribution < -0.4 is 5.73 Å². The van der Waals surface area contributed by atoms with Crippen molar-refractivity contribution in [2.75, 3.05) is 0 Å². The van der Waals surface area contributed by atoms with Gasteiger partial charge >= 0.3 is 6.18 Å². The first kappa shape index (κ1) is 16.3. The van der Waals surface area contributed by atoms with Gasteiger partial charge in [-0.3, -0.25) is 0 Å². The molecular formula is C16H21F4N. The van der Waals surface area contributed by atoms with Crippen LogP contribution in [0.2, 0.25) is 0 Å². The van der Waals surface area contributed by atoms with Crippen LogP contribution in [0.5, 0.6) is 0 Å². The number of nitrogens with two attached hydrogens (primary N) is 1. The minimum atomic E-state index is -4.69. The zero-order valence-electron chi connectivity index (χ0n) is 12.3. The highest BCUT2D eigenvalue weighted by Gasteiger charge is 2.38. The monoisotopic (exact) mass is 303 g/mol. The smallest absolute Gasteiger partial charge is 0.324 e. The van der Waals surface area contributed by atoms with Crippen LogP contribution in [0.3, 0.4) is 0 Å². The molecule has 118 valence electrons. The lowest BCUT2D eigenvalue weighted by Gasteiger charge is -2.42. The van der Waals surface area contributed by atoms with Gasteiger partial charge in [-0.05, 0) is 41.9 Å². The van der Waals surface area contributed by atoms with Crippen molar-refractivity contribution < 1.29 is 17.6 Å². The van der Waals surface area contributed by atoms with E-state index in [-0.39, 0.29) is 11.3 Å². The fourth-order valence-corrected chi connectivity index (χ4v) is 3.39. The maximum atomic E-state index is 13.4. The van der Waals surface area contributed by atoms with Crippen molar-refractivity contribution >= 4 is 0 Å². The lowest BCUT2D eigenvalue weighted by Crippen LogP contribution is -2.36. The van der Waals surface area contributed by atoms with Crippen LogP contribution in [-0.4, -0.2) is 0 Å². The fraction of sp³-hybridized carbons (Fsp3) is 0.625. The Bertz CT molecular complexity index is 507. The number of alkyl halides is 3. The number of benzene rings is 1. The van der Waals surface area contributed by atoms with E-state index >= 15 is 0 Å². The molecule has 21 heavy (non-hydrogen) atoms. The van der Waals surface area contributed by atoms with E-state index in [0.717, 1.165) is 37.8 Å². The molecule has 1 aliphatic rings. The second-order valence-electron chi connectivity index (χ2n) is 6.60. The molecule has 0 aromatic heterocycles. The highest BCUT2D eigenvalue weighted by atomic mass is 19.4. The van der Waals surface area contributed by atoms with Gasteiger partial charge in [0, 0.05) is 6.04 Å². The lowest BCUT2D eigenvalue weighted by molar-refractivity contribution is -0.140. The van der Waals surface area contributed by atoms with E-state index in [9.17, 15) is 17.6 Å². The number of rotatable bonds is 2. The lowest BCUT2D eigenvalue weighted by atomic mass is 9.65. The third-order valence-electron chi connectivity index (χ3n) is 4.70. The summed E-state index contributed by atoms with van der Waals surface area (Å²) in [5, 5.41) is 0. The highest BCUT2D eigenvalue weighted by molar-refractivity contribution is 5.30. The molecule has 1 saturated carbocycles. The molecule has 1 aromatic carbocycles. The van der Waals surface area contributed by atoms with E-state index in [0.29, 0.717) is 5.56 Å². The molecule has 0 spiro atoms. The van der Waals surface area contributed by atoms with Crippen molar-refractivity contribution in [1.29, 1.82) is 0 Å². The second-order valence-corrected chi connectivity index (χ2v) is 6.60. The van der Waals surface area contributed by atoms with Crippen molar-refractivity contribution in [3.8, 4) is 0 Å². The van der Waals surface area contributed by atoms with Gasteiger partial charge < -0.3 is 5.73 Å². The normalized spacial score (nSPS) is 23.9. The summed E-state index contributed by atoms with van der Waals surface area (Å²) < 4.78 is 51.8. The molecule has 2 unspecified atom stereocenters. The molecule has 0 bridgehead atoms. The molecule has 1 fully saturated rings. The van der Waals surface area contributed by atoms with Gasteiger partial charge in [-0.1, -0.05) is 32.8 Å². The maximum absolute atomic E-state index is 13.4. The van der Waals surface area contributed by atoms with Crippen LogP contribution in [0.1, 0.15) is 56.7 Å². The van der Waals surface area contributed by atoms with E-state index in [1.54, 1.807) is 0 Å². The first-order valence-electron chi connectivity index (χ1n) is 7.25. The molecule has 1 aromatic rings. The molecule has 1 nitrogen and oxygen atoms in total. The number of hydrogen-bond acceptors (Lipinski definition) is 1. The van der Waals surface area contributed by atoms with Gasteiger partial charge in [0.15, 0.2) is 0 Å². The Balaban J connectivity index is 2.33. The van der Waals surface area contributed by atoms with Gasteiger partial charge in [0.2, 0.25) is 0 Å². The quantitative estimate of drug-likeness (QED) is 0.759. The Morgan fingerprint density at radius 1 is 1.24 bits per heavy atom. The van der Waals surface area contributed by atoms with Gasteiger partial charge in [0.1, 0.15) is 5.82 Å². The SMILES string of the molecule is CC1(C)CCCCC1C(N)c1ccc(F)c(C(F)(F)F)c1. The average molecular weight is 303 g/mol. The first-order chi connectivity index (χ1) is 9.63. The summed E-state index contributed by atoms with van der Waals surface area (Å²) in [6.07, 6.45) is -0.629. The fourth-order valence-electron chi connectivity index (χ4n) is 3.39. The van der Waals surface area contributed by atoms with Gasteiger partial charge in [0.25, 0.3) is 0 Å². The Kier molecular flexibility index (Phi) is 4.34. The van der Waals surface area contributed by atoms with E-state index in [1.165, 1.54) is 6.07 Å². The third-order valence-corrected chi connectivity index (χ3v) is 4.70. The van der Waals surface area contributed by atoms with E-state index in [1.807, 2.05) is 0 Å². The molecule has 0 amide bonds. The van der Waals surface area contributed by atoms with Crippen LogP contribution in [0.15, 0.2) is 18.2 Å². The zero-order chi connectivity index (χ0) is 15.8. The predicted molar refractivity (Wildman–Crippen MR) is 74.1 cm³/mol. The summed E-state index contributed by atoms with van der Waals surface area (Å²) in [7, 11) is 0. The third kappa shape index (κ3) is 3.39. The van der Waals surface area contributed by atoms with Crippen molar-refractivity contribution in [2.24, 2.45) is 17.1 Å². The van der Waals surface area contributed by atoms with Crippen molar-refractivity contribution in [2.45, 2.75) is 51.7 Å². The molecule has 0 aliphatic heterocycles. The van der Waals surface area contributed by atoms with Crippen molar-refractivity contribution in [1.82, 2.24) is 0 Å². The molecule has 0 saturated heterocycles. The van der Waals surface area contributed by atoms with Crippen molar-refractivity contribution in [3.05, 3.63) is 35.1 Å². The molecule has 2 atom stereocenters. The summed E-state index contributed by atoms with van der Waals surface area (Å²) >= 11 is 0. The first-order valence-corrected chi connectivity index (χ1v) is 7.25. The summed E-state index contributed by atoms with van der Waals surface area (Å²) in [6, 6.07) is 2.61. The minimum absolute atomic E-state index is 0.00948. The Morgan fingerprint density at radius 2 is 1.90 bits per heavy atom. The zero-order valence-corrected chi connectivity index (χ0v) is 12.3. The maximum Gasteiger partial charge on any atom is 0.419 e. The van der Waals surface area contributed by atoms with Gasteiger partial charge in [-0.2, -0.15) is 13.2 Å². The van der Waals surface area contributed by atoms with Crippen LogP contribution >= 0.6 is 0 Å². The van der Waals surface area contributed by atoms with Gasteiger partial charge in [-0.15, -0.1) is 0 Å². The Morgan fingerprint density at radius 3 is 2.48 bits per heavy atom. The average Bonchev–Trinajstić information content (AvgIpc) is 2.36. The highest BCUT2D eigenvalue weighted by Crippen LogP contribution is 2.46. The van der Waals surface area contributed by atoms with Gasteiger partial charge in [-0.25, -0.2) is 4.39 Å². The molecule has 2 N–H and O–H groups in total. The molecule has 1 aliphatic carbocycles. The summed E-state index contributed by atoms with van der Waals surface area (Å²) in [4.78, 5) is 0. The predicted octanol–water partition coefficient (Wildman–Crippen LogP) is 5.06. The van der Waals surface area contributed by atoms with Gasteiger partial charge in [0.05, 0.1) is 5.56 Å². The Hall–Kier alpha value is -1.10. The minimum Gasteiger partial charge on any atom is -0.324 e. The topological polar surface area (TPSA) is 26.0 Å². The largest absolute Gasteiger partial charge is 0.419 e. The molecule has 0 radical (unpaired) electrons. The van der Waals surface area contributed by atoms with E-state index in [2.05, 4.69) is 13.8 Å². The van der Waals surface area contributed by atoms with Crippen LogP contribution in [0.25, 0.3) is 0 Å². The molecular weight excluding hydrogens is 282 g/mol. The summed E-state index contributed by atoms with van der Waals surface area (Å²) in [5.74, 6) is -1.14. The molecule has 0 heterocycles. The second kappa shape index (κ2) is 5.59. The molecule has 2 rings (SSSR count). The van der Waals surface area contributed by atoms with Crippen LogP contribution in [0, 0.1) is 17.2 Å². The summed E-state index contributed by atoms with van der Waals surface area (Å²) in [6.45, 7) is 4.20. The Labute approximate surface area is 122 Å². The van der Waals surface area contributed by atoms with E-state index in [4.69, 9.17) is 5.73 Å². The number of halogens is 4. The molecule has 5 heteroatoms. The standard InChI is InChI=1S/C16H21F4N/c1-15(2)8-4-3-5-11(15)14(21)10-6-7-13(17)12(9-10)16(18,19)20/h6-7,9,11,14H,3-5,8,21H2,1-2H3. The van der Waals surface area contributed by atoms with Crippen LogP contribution in [0.4, 0.5) is 17.6 Å². The summed E-state index contributed by atoms with van der Waals surface area (Å²) in [5.41, 5.74) is 5.34. The van der Waals surface area contributed by atoms with E-state index < -0.39 is 23.6 Å².